The lowest BCUT2D eigenvalue weighted by Crippen LogP contribution is -2.04. The van der Waals surface area contributed by atoms with Gasteiger partial charge >= 0.3 is 0 Å². The van der Waals surface area contributed by atoms with Gasteiger partial charge in [0, 0.05) is 17.6 Å². The molecule has 1 aromatic heterocycles. The Morgan fingerprint density at radius 3 is 2.67 bits per heavy atom. The summed E-state index contributed by atoms with van der Waals surface area (Å²) in [6, 6.07) is 0. The molecule has 84 valence electrons. The van der Waals surface area contributed by atoms with Crippen molar-refractivity contribution in [1.29, 1.82) is 0 Å². The van der Waals surface area contributed by atoms with Crippen molar-refractivity contribution in [2.75, 3.05) is 7.11 Å². The molecule has 0 aliphatic heterocycles. The molecule has 0 saturated heterocycles. The van der Waals surface area contributed by atoms with Gasteiger partial charge in [0.25, 0.3) is 6.43 Å². The summed E-state index contributed by atoms with van der Waals surface area (Å²) in [4.78, 5) is 3.68. The van der Waals surface area contributed by atoms with Gasteiger partial charge in [-0.1, -0.05) is 0 Å². The number of aromatic nitrogens is 1. The van der Waals surface area contributed by atoms with Crippen molar-refractivity contribution in [3.63, 3.8) is 0 Å². The quantitative estimate of drug-likeness (QED) is 0.817. The van der Waals surface area contributed by atoms with E-state index in [4.69, 9.17) is 21.4 Å². The molecule has 0 bridgehead atoms. The third-order valence-corrected chi connectivity index (χ3v) is 2.26. The van der Waals surface area contributed by atoms with E-state index < -0.39 is 6.43 Å². The summed E-state index contributed by atoms with van der Waals surface area (Å²) in [7, 11) is 1.25. The molecule has 0 amide bonds. The minimum Gasteiger partial charge on any atom is -0.481 e. The number of pyridine rings is 1. The maximum absolute atomic E-state index is 12.7. The Kier molecular flexibility index (Phi) is 4.23. The van der Waals surface area contributed by atoms with E-state index in [-0.39, 0.29) is 29.5 Å². The van der Waals surface area contributed by atoms with Gasteiger partial charge in [-0.2, -0.15) is 0 Å². The molecule has 6 heteroatoms. The standard InChI is InChI=1S/C9H10ClF2NO2/c1-15-9-7(8(11)12)6(2-10)5(4-14)3-13-9/h3,8,14H,2,4H2,1H3. The van der Waals surface area contributed by atoms with Crippen molar-refractivity contribution in [2.45, 2.75) is 18.9 Å². The first kappa shape index (κ1) is 12.1. The second kappa shape index (κ2) is 5.23. The number of hydrogen-bond acceptors (Lipinski definition) is 3. The lowest BCUT2D eigenvalue weighted by Gasteiger charge is -2.13. The predicted octanol–water partition coefficient (Wildman–Crippen LogP) is 2.26. The van der Waals surface area contributed by atoms with E-state index in [0.717, 1.165) is 0 Å². The Balaban J connectivity index is 3.37. The fourth-order valence-electron chi connectivity index (χ4n) is 1.27. The molecular formula is C9H10ClF2NO2. The molecule has 0 aliphatic carbocycles. The van der Waals surface area contributed by atoms with Gasteiger partial charge < -0.3 is 9.84 Å². The van der Waals surface area contributed by atoms with Crippen LogP contribution in [-0.4, -0.2) is 17.2 Å². The predicted molar refractivity (Wildman–Crippen MR) is 51.2 cm³/mol. The van der Waals surface area contributed by atoms with Gasteiger partial charge in [-0.3, -0.25) is 0 Å². The smallest absolute Gasteiger partial charge is 0.269 e. The number of nitrogens with zero attached hydrogens (tertiary/aromatic N) is 1. The van der Waals surface area contributed by atoms with Crippen LogP contribution in [-0.2, 0) is 12.5 Å². The van der Waals surface area contributed by atoms with Crippen molar-refractivity contribution < 1.29 is 18.6 Å². The molecule has 0 atom stereocenters. The number of aliphatic hydroxyl groups is 1. The Morgan fingerprint density at radius 2 is 2.27 bits per heavy atom. The van der Waals surface area contributed by atoms with Crippen LogP contribution in [0.5, 0.6) is 5.88 Å². The number of alkyl halides is 3. The number of rotatable bonds is 4. The zero-order valence-electron chi connectivity index (χ0n) is 8.01. The molecule has 1 aromatic rings. The van der Waals surface area contributed by atoms with Crippen molar-refractivity contribution in [2.24, 2.45) is 0 Å². The lowest BCUT2D eigenvalue weighted by molar-refractivity contribution is 0.144. The SMILES string of the molecule is COc1ncc(CO)c(CCl)c1C(F)F. The molecule has 0 saturated carbocycles. The third kappa shape index (κ3) is 2.35. The van der Waals surface area contributed by atoms with Gasteiger partial charge in [-0.05, 0) is 5.56 Å². The van der Waals surface area contributed by atoms with E-state index >= 15 is 0 Å². The van der Waals surface area contributed by atoms with E-state index in [0.29, 0.717) is 5.56 Å². The summed E-state index contributed by atoms with van der Waals surface area (Å²) < 4.78 is 30.2. The largest absolute Gasteiger partial charge is 0.481 e. The van der Waals surface area contributed by atoms with Gasteiger partial charge in [0.15, 0.2) is 0 Å². The fraction of sp³-hybridized carbons (Fsp3) is 0.444. The van der Waals surface area contributed by atoms with Gasteiger partial charge in [-0.25, -0.2) is 13.8 Å². The van der Waals surface area contributed by atoms with Crippen molar-refractivity contribution in [3.8, 4) is 5.88 Å². The van der Waals surface area contributed by atoms with Crippen LogP contribution in [0.2, 0.25) is 0 Å². The Morgan fingerprint density at radius 1 is 1.60 bits per heavy atom. The van der Waals surface area contributed by atoms with Gasteiger partial charge in [0.1, 0.15) is 0 Å². The summed E-state index contributed by atoms with van der Waals surface area (Å²) in [5.41, 5.74) is 0.126. The second-order valence-electron chi connectivity index (χ2n) is 2.78. The number of hydrogen-bond donors (Lipinski definition) is 1. The molecule has 0 radical (unpaired) electrons. The minimum atomic E-state index is -2.73. The van der Waals surface area contributed by atoms with E-state index in [1.807, 2.05) is 0 Å². The Labute approximate surface area is 90.7 Å². The van der Waals surface area contributed by atoms with Crippen LogP contribution in [0.3, 0.4) is 0 Å². The first-order chi connectivity index (χ1) is 7.15. The van der Waals surface area contributed by atoms with Crippen LogP contribution in [0, 0.1) is 0 Å². The van der Waals surface area contributed by atoms with Crippen LogP contribution in [0.1, 0.15) is 23.1 Å². The monoisotopic (exact) mass is 237 g/mol. The minimum absolute atomic E-state index is 0.117. The molecule has 0 unspecified atom stereocenters. The summed E-state index contributed by atoms with van der Waals surface area (Å²) >= 11 is 5.56. The Hall–Kier alpha value is -0.940. The molecule has 0 aliphatic rings. The summed E-state index contributed by atoms with van der Waals surface area (Å²) in [6.07, 6.45) is -1.45. The molecule has 0 fully saturated rings. The molecule has 0 spiro atoms. The molecule has 15 heavy (non-hydrogen) atoms. The molecular weight excluding hydrogens is 228 g/mol. The summed E-state index contributed by atoms with van der Waals surface area (Å²) in [5, 5.41) is 8.94. The second-order valence-corrected chi connectivity index (χ2v) is 3.04. The summed E-state index contributed by atoms with van der Waals surface area (Å²) in [5.74, 6) is -0.271. The van der Waals surface area contributed by atoms with Gasteiger partial charge in [0.05, 0.1) is 19.3 Å². The average Bonchev–Trinajstić information content (AvgIpc) is 2.26. The number of aliphatic hydroxyl groups excluding tert-OH is 1. The number of ether oxygens (including phenoxy) is 1. The Bertz CT molecular complexity index is 347. The molecule has 1 heterocycles. The van der Waals surface area contributed by atoms with Crippen LogP contribution >= 0.6 is 11.6 Å². The first-order valence-corrected chi connectivity index (χ1v) is 4.68. The summed E-state index contributed by atoms with van der Waals surface area (Å²) in [6.45, 7) is -0.376. The highest BCUT2D eigenvalue weighted by Crippen LogP contribution is 2.33. The molecule has 1 rings (SSSR count). The average molecular weight is 238 g/mol. The van der Waals surface area contributed by atoms with E-state index in [9.17, 15) is 8.78 Å². The van der Waals surface area contributed by atoms with Gasteiger partial charge in [-0.15, -0.1) is 11.6 Å². The normalized spacial score (nSPS) is 10.8. The topological polar surface area (TPSA) is 42.4 Å². The first-order valence-electron chi connectivity index (χ1n) is 4.15. The van der Waals surface area contributed by atoms with Crippen LogP contribution in [0.15, 0.2) is 6.20 Å². The maximum Gasteiger partial charge on any atom is 0.269 e. The highest BCUT2D eigenvalue weighted by atomic mass is 35.5. The van der Waals surface area contributed by atoms with E-state index in [1.165, 1.54) is 13.3 Å². The number of methoxy groups -OCH3 is 1. The van der Waals surface area contributed by atoms with Crippen LogP contribution < -0.4 is 4.74 Å². The zero-order valence-corrected chi connectivity index (χ0v) is 8.76. The third-order valence-electron chi connectivity index (χ3n) is 2.00. The van der Waals surface area contributed by atoms with Crippen molar-refractivity contribution >= 4 is 11.6 Å². The van der Waals surface area contributed by atoms with Crippen LogP contribution in [0.4, 0.5) is 8.78 Å². The highest BCUT2D eigenvalue weighted by molar-refractivity contribution is 6.17. The maximum atomic E-state index is 12.7. The van der Waals surface area contributed by atoms with Crippen molar-refractivity contribution in [3.05, 3.63) is 22.9 Å². The van der Waals surface area contributed by atoms with E-state index in [1.54, 1.807) is 0 Å². The number of halogens is 3. The van der Waals surface area contributed by atoms with Crippen LogP contribution in [0.25, 0.3) is 0 Å². The molecule has 1 N–H and O–H groups in total. The highest BCUT2D eigenvalue weighted by Gasteiger charge is 2.22. The zero-order chi connectivity index (χ0) is 11.4. The molecule has 0 aromatic carbocycles. The lowest BCUT2D eigenvalue weighted by atomic mass is 10.1. The van der Waals surface area contributed by atoms with Gasteiger partial charge in [0.2, 0.25) is 5.88 Å². The fourth-order valence-corrected chi connectivity index (χ4v) is 1.58. The van der Waals surface area contributed by atoms with Crippen molar-refractivity contribution in [1.82, 2.24) is 4.98 Å². The van der Waals surface area contributed by atoms with E-state index in [2.05, 4.69) is 4.98 Å². The molecule has 3 nitrogen and oxygen atoms in total.